The molecule has 2 rings (SSSR count). The van der Waals surface area contributed by atoms with E-state index in [1.54, 1.807) is 16.2 Å². The van der Waals surface area contributed by atoms with Crippen molar-refractivity contribution >= 4 is 27.8 Å². The number of allylic oxidation sites excluding steroid dienone is 2. The Labute approximate surface area is 83.6 Å². The molecule has 68 valence electrons. The summed E-state index contributed by atoms with van der Waals surface area (Å²) in [6.45, 7) is 0.517. The van der Waals surface area contributed by atoms with Gasteiger partial charge >= 0.3 is 0 Å². The van der Waals surface area contributed by atoms with Gasteiger partial charge in [-0.15, -0.1) is 0 Å². The Kier molecular flexibility index (Phi) is 1.95. The molecular formula is C8H7BrN2O2. The average molecular weight is 243 g/mol. The number of nitrogens with zero attached hydrogens (tertiary/aromatic N) is 1. The first-order valence-electron chi connectivity index (χ1n) is 3.83. The van der Waals surface area contributed by atoms with Crippen molar-refractivity contribution in [1.82, 2.24) is 9.24 Å². The van der Waals surface area contributed by atoms with Crippen LogP contribution in [0.2, 0.25) is 0 Å². The van der Waals surface area contributed by atoms with Gasteiger partial charge in [0.1, 0.15) is 0 Å². The van der Waals surface area contributed by atoms with Crippen LogP contribution in [-0.2, 0) is 9.59 Å². The lowest BCUT2D eigenvalue weighted by Crippen LogP contribution is -2.37. The molecule has 1 N–H and O–H groups in total. The third-order valence-corrected chi connectivity index (χ3v) is 2.44. The highest BCUT2D eigenvalue weighted by Gasteiger charge is 2.26. The van der Waals surface area contributed by atoms with Gasteiger partial charge in [0.05, 0.1) is 13.0 Å². The van der Waals surface area contributed by atoms with Crippen molar-refractivity contribution in [2.24, 2.45) is 0 Å². The molecule has 5 heteroatoms. The quantitative estimate of drug-likeness (QED) is 0.497. The summed E-state index contributed by atoms with van der Waals surface area (Å²) in [7, 11) is 0. The van der Waals surface area contributed by atoms with Gasteiger partial charge in [-0.2, -0.15) is 0 Å². The first-order valence-corrected chi connectivity index (χ1v) is 4.54. The molecule has 0 aromatic rings. The van der Waals surface area contributed by atoms with Gasteiger partial charge in [0.15, 0.2) is 5.78 Å². The van der Waals surface area contributed by atoms with E-state index in [4.69, 9.17) is 0 Å². The second kappa shape index (κ2) is 2.99. The molecule has 2 heterocycles. The fourth-order valence-electron chi connectivity index (χ4n) is 1.37. The molecule has 0 aromatic heterocycles. The molecule has 0 atom stereocenters. The van der Waals surface area contributed by atoms with Crippen LogP contribution in [0.25, 0.3) is 0 Å². The third kappa shape index (κ3) is 1.51. The van der Waals surface area contributed by atoms with E-state index < -0.39 is 0 Å². The third-order valence-electron chi connectivity index (χ3n) is 1.95. The molecule has 13 heavy (non-hydrogen) atoms. The molecule has 0 radical (unpaired) electrons. The second-order valence-electron chi connectivity index (χ2n) is 2.91. The Morgan fingerprint density at radius 2 is 2.23 bits per heavy atom. The van der Waals surface area contributed by atoms with E-state index in [0.717, 1.165) is 0 Å². The number of Topliss-reactive ketones (excluding diaryl/α,β-unsaturated/α-hetero) is 1. The minimum absolute atomic E-state index is 0.0363. The Bertz CT molecular complexity index is 346. The van der Waals surface area contributed by atoms with Crippen molar-refractivity contribution in [3.8, 4) is 0 Å². The number of ketones is 1. The number of hydrogen-bond acceptors (Lipinski definition) is 3. The van der Waals surface area contributed by atoms with E-state index in [1.807, 2.05) is 0 Å². The van der Waals surface area contributed by atoms with Gasteiger partial charge in [-0.3, -0.25) is 9.59 Å². The van der Waals surface area contributed by atoms with Crippen molar-refractivity contribution < 1.29 is 9.59 Å². The molecular weight excluding hydrogens is 236 g/mol. The summed E-state index contributed by atoms with van der Waals surface area (Å²) in [6.07, 6.45) is 3.43. The van der Waals surface area contributed by atoms with E-state index in [0.29, 0.717) is 17.8 Å². The zero-order valence-electron chi connectivity index (χ0n) is 6.71. The molecule has 1 amide bonds. The standard InChI is InChI=1S/C8H7BrN2O2/c9-11-2-1-5-6(4-11)10-8(13)3-7(5)12/h1-2H,3-4H2,(H,10,13). The lowest BCUT2D eigenvalue weighted by Gasteiger charge is -2.24. The van der Waals surface area contributed by atoms with Crippen molar-refractivity contribution in [3.63, 3.8) is 0 Å². The molecule has 0 saturated carbocycles. The number of rotatable bonds is 0. The summed E-state index contributed by atoms with van der Waals surface area (Å²) in [5, 5.41) is 2.68. The maximum absolute atomic E-state index is 11.3. The number of carbonyl (C=O) groups excluding carboxylic acids is 2. The Morgan fingerprint density at radius 1 is 1.46 bits per heavy atom. The van der Waals surface area contributed by atoms with Crippen molar-refractivity contribution in [1.29, 1.82) is 0 Å². The molecule has 0 unspecified atom stereocenters. The first-order chi connectivity index (χ1) is 6.16. The molecule has 0 bridgehead atoms. The van der Waals surface area contributed by atoms with E-state index in [2.05, 4.69) is 21.5 Å². The van der Waals surface area contributed by atoms with E-state index in [1.165, 1.54) is 0 Å². The van der Waals surface area contributed by atoms with Crippen LogP contribution < -0.4 is 5.32 Å². The summed E-state index contributed by atoms with van der Waals surface area (Å²) < 4.78 is 1.73. The number of nitrogens with one attached hydrogen (secondary N) is 1. The fraction of sp³-hybridized carbons (Fsp3) is 0.250. The Morgan fingerprint density at radius 3 is 3.00 bits per heavy atom. The summed E-state index contributed by atoms with van der Waals surface area (Å²) in [5.74, 6) is -0.324. The SMILES string of the molecule is O=C1CC(=O)C2=C(CN(Br)C=C2)N1. The van der Waals surface area contributed by atoms with Crippen LogP contribution in [-0.4, -0.2) is 22.2 Å². The number of halogens is 1. The molecule has 0 saturated heterocycles. The van der Waals surface area contributed by atoms with Gasteiger partial charge < -0.3 is 9.24 Å². The van der Waals surface area contributed by atoms with Crippen LogP contribution in [0.1, 0.15) is 6.42 Å². The Balaban J connectivity index is 2.36. The fourth-order valence-corrected chi connectivity index (χ4v) is 1.74. The molecule has 2 aliphatic rings. The molecule has 0 aliphatic carbocycles. The molecule has 0 spiro atoms. The van der Waals surface area contributed by atoms with Gasteiger partial charge in [-0.05, 0) is 6.08 Å². The summed E-state index contributed by atoms with van der Waals surface area (Å²) in [5.41, 5.74) is 1.30. The number of amides is 1. The maximum Gasteiger partial charge on any atom is 0.232 e. The first kappa shape index (κ1) is 8.50. The van der Waals surface area contributed by atoms with Crippen molar-refractivity contribution in [3.05, 3.63) is 23.5 Å². The predicted molar refractivity (Wildman–Crippen MR) is 49.6 cm³/mol. The van der Waals surface area contributed by atoms with Crippen LogP contribution in [0.4, 0.5) is 0 Å². The summed E-state index contributed by atoms with van der Waals surface area (Å²) >= 11 is 3.24. The van der Waals surface area contributed by atoms with Gasteiger partial charge in [0.2, 0.25) is 5.91 Å². The second-order valence-corrected chi connectivity index (χ2v) is 3.82. The van der Waals surface area contributed by atoms with Gasteiger partial charge in [-0.1, -0.05) is 0 Å². The monoisotopic (exact) mass is 242 g/mol. The smallest absolute Gasteiger partial charge is 0.232 e. The maximum atomic E-state index is 11.3. The van der Waals surface area contributed by atoms with Gasteiger partial charge in [0.25, 0.3) is 0 Å². The lowest BCUT2D eigenvalue weighted by atomic mass is 10.0. The minimum atomic E-state index is -0.222. The van der Waals surface area contributed by atoms with Crippen LogP contribution >= 0.6 is 16.1 Å². The zero-order chi connectivity index (χ0) is 9.42. The van der Waals surface area contributed by atoms with Crippen molar-refractivity contribution in [2.45, 2.75) is 6.42 Å². The van der Waals surface area contributed by atoms with E-state index in [9.17, 15) is 9.59 Å². The normalized spacial score (nSPS) is 21.8. The van der Waals surface area contributed by atoms with Crippen LogP contribution in [0.3, 0.4) is 0 Å². The van der Waals surface area contributed by atoms with Gasteiger partial charge in [0, 0.05) is 33.6 Å². The van der Waals surface area contributed by atoms with Gasteiger partial charge in [-0.25, -0.2) is 0 Å². The average Bonchev–Trinajstić information content (AvgIpc) is 2.02. The number of carbonyl (C=O) groups is 2. The van der Waals surface area contributed by atoms with Crippen LogP contribution in [0.15, 0.2) is 23.5 Å². The summed E-state index contributed by atoms with van der Waals surface area (Å²) in [4.78, 5) is 22.4. The van der Waals surface area contributed by atoms with Crippen molar-refractivity contribution in [2.75, 3.05) is 6.54 Å². The van der Waals surface area contributed by atoms with E-state index >= 15 is 0 Å². The topological polar surface area (TPSA) is 49.4 Å². The molecule has 4 nitrogen and oxygen atoms in total. The number of hydrogen-bond donors (Lipinski definition) is 1. The minimum Gasteiger partial charge on any atom is -0.327 e. The largest absolute Gasteiger partial charge is 0.327 e. The van der Waals surface area contributed by atoms with Crippen LogP contribution in [0.5, 0.6) is 0 Å². The highest BCUT2D eigenvalue weighted by Crippen LogP contribution is 2.20. The zero-order valence-corrected chi connectivity index (χ0v) is 8.30. The highest BCUT2D eigenvalue weighted by atomic mass is 79.9. The lowest BCUT2D eigenvalue weighted by molar-refractivity contribution is -0.127. The summed E-state index contributed by atoms with van der Waals surface area (Å²) in [6, 6.07) is 0. The molecule has 2 aliphatic heterocycles. The molecule has 0 fully saturated rings. The Hall–Kier alpha value is -1.10. The highest BCUT2D eigenvalue weighted by molar-refractivity contribution is 9.07. The predicted octanol–water partition coefficient (Wildman–Crippen LogP) is 0.469. The van der Waals surface area contributed by atoms with E-state index in [-0.39, 0.29) is 18.1 Å². The van der Waals surface area contributed by atoms with Crippen LogP contribution in [0, 0.1) is 0 Å². The molecule has 0 aromatic carbocycles.